The summed E-state index contributed by atoms with van der Waals surface area (Å²) in [7, 11) is 0. The molecule has 23 heavy (non-hydrogen) atoms. The van der Waals surface area contributed by atoms with Gasteiger partial charge in [-0.25, -0.2) is 0 Å². The predicted octanol–water partition coefficient (Wildman–Crippen LogP) is 3.37. The Morgan fingerprint density at radius 2 is 2.04 bits per heavy atom. The third-order valence-electron chi connectivity index (χ3n) is 4.00. The number of ether oxygens (including phenoxy) is 1. The first-order valence-corrected chi connectivity index (χ1v) is 7.80. The van der Waals surface area contributed by atoms with Gasteiger partial charge in [0.2, 0.25) is 0 Å². The van der Waals surface area contributed by atoms with Crippen molar-refractivity contribution < 1.29 is 14.1 Å². The lowest BCUT2D eigenvalue weighted by molar-refractivity contribution is -0.384. The first kappa shape index (κ1) is 15.7. The predicted molar refractivity (Wildman–Crippen MR) is 84.9 cm³/mol. The molecule has 1 aromatic heterocycles. The Kier molecular flexibility index (Phi) is 5.05. The molecule has 1 fully saturated rings. The van der Waals surface area contributed by atoms with Crippen molar-refractivity contribution in [2.45, 2.75) is 32.0 Å². The van der Waals surface area contributed by atoms with Crippen molar-refractivity contribution in [2.75, 3.05) is 13.2 Å². The van der Waals surface area contributed by atoms with Gasteiger partial charge in [0.05, 0.1) is 23.8 Å². The van der Waals surface area contributed by atoms with E-state index in [0.29, 0.717) is 13.1 Å². The summed E-state index contributed by atoms with van der Waals surface area (Å²) in [5, 5.41) is 10.7. The van der Waals surface area contributed by atoms with Gasteiger partial charge in [0, 0.05) is 31.8 Å². The molecule has 2 aromatic rings. The average Bonchev–Trinajstić information content (AvgIpc) is 3.21. The van der Waals surface area contributed by atoms with Crippen LogP contribution in [-0.2, 0) is 17.8 Å². The molecule has 1 atom stereocenters. The van der Waals surface area contributed by atoms with Crippen molar-refractivity contribution in [1.29, 1.82) is 0 Å². The standard InChI is InChI=1S/C17H20N2O4/c20-19(21)15-7-5-14(6-8-15)11-18(12-16-3-1-9-22-16)13-17-4-2-10-23-17/h1,3,5-9,17H,2,4,10-13H2. The van der Waals surface area contributed by atoms with Crippen molar-refractivity contribution in [2.24, 2.45) is 0 Å². The maximum Gasteiger partial charge on any atom is 0.269 e. The molecule has 122 valence electrons. The van der Waals surface area contributed by atoms with Crippen LogP contribution in [-0.4, -0.2) is 29.1 Å². The van der Waals surface area contributed by atoms with E-state index in [1.165, 1.54) is 0 Å². The summed E-state index contributed by atoms with van der Waals surface area (Å²) in [6.45, 7) is 3.07. The Bertz CT molecular complexity index is 619. The molecule has 6 heteroatoms. The van der Waals surface area contributed by atoms with Gasteiger partial charge in [0.25, 0.3) is 5.69 Å². The van der Waals surface area contributed by atoms with Crippen LogP contribution in [0.4, 0.5) is 5.69 Å². The van der Waals surface area contributed by atoms with E-state index >= 15 is 0 Å². The third-order valence-corrected chi connectivity index (χ3v) is 4.00. The molecule has 3 rings (SSSR count). The van der Waals surface area contributed by atoms with E-state index < -0.39 is 0 Å². The molecule has 1 aliphatic heterocycles. The quantitative estimate of drug-likeness (QED) is 0.578. The number of nitro groups is 1. The lowest BCUT2D eigenvalue weighted by atomic mass is 10.1. The molecule has 2 heterocycles. The van der Waals surface area contributed by atoms with Crippen LogP contribution >= 0.6 is 0 Å². The molecule has 1 aromatic carbocycles. The van der Waals surface area contributed by atoms with Crippen LogP contribution in [0.3, 0.4) is 0 Å². The molecular formula is C17H20N2O4. The largest absolute Gasteiger partial charge is 0.468 e. The van der Waals surface area contributed by atoms with E-state index in [0.717, 1.165) is 37.3 Å². The Morgan fingerprint density at radius 1 is 1.22 bits per heavy atom. The highest BCUT2D eigenvalue weighted by molar-refractivity contribution is 5.32. The van der Waals surface area contributed by atoms with Crippen LogP contribution in [0, 0.1) is 10.1 Å². The van der Waals surface area contributed by atoms with E-state index in [4.69, 9.17) is 9.15 Å². The van der Waals surface area contributed by atoms with Crippen molar-refractivity contribution in [3.8, 4) is 0 Å². The minimum Gasteiger partial charge on any atom is -0.468 e. The summed E-state index contributed by atoms with van der Waals surface area (Å²) in [6, 6.07) is 10.5. The van der Waals surface area contributed by atoms with Crippen LogP contribution in [0.15, 0.2) is 47.1 Å². The van der Waals surface area contributed by atoms with Gasteiger partial charge in [0.1, 0.15) is 5.76 Å². The lowest BCUT2D eigenvalue weighted by Crippen LogP contribution is -2.31. The lowest BCUT2D eigenvalue weighted by Gasteiger charge is -2.24. The molecule has 0 N–H and O–H groups in total. The van der Waals surface area contributed by atoms with Gasteiger partial charge in [-0.2, -0.15) is 0 Å². The molecule has 0 saturated carbocycles. The maximum absolute atomic E-state index is 10.7. The fourth-order valence-corrected chi connectivity index (χ4v) is 2.87. The molecular weight excluding hydrogens is 296 g/mol. The zero-order chi connectivity index (χ0) is 16.1. The molecule has 0 amide bonds. The highest BCUT2D eigenvalue weighted by atomic mass is 16.6. The summed E-state index contributed by atoms with van der Waals surface area (Å²) >= 11 is 0. The molecule has 6 nitrogen and oxygen atoms in total. The number of nitro benzene ring substituents is 1. The molecule has 0 aliphatic carbocycles. The summed E-state index contributed by atoms with van der Waals surface area (Å²) in [6.07, 6.45) is 4.11. The zero-order valence-electron chi connectivity index (χ0n) is 12.9. The number of rotatable bonds is 7. The highest BCUT2D eigenvalue weighted by Crippen LogP contribution is 2.19. The van der Waals surface area contributed by atoms with Crippen LogP contribution in [0.5, 0.6) is 0 Å². The molecule has 1 unspecified atom stereocenters. The van der Waals surface area contributed by atoms with Crippen molar-refractivity contribution >= 4 is 5.69 Å². The third kappa shape index (κ3) is 4.40. The Balaban J connectivity index is 1.67. The van der Waals surface area contributed by atoms with Crippen LogP contribution in [0.2, 0.25) is 0 Å². The number of hydrogen-bond acceptors (Lipinski definition) is 5. The fraction of sp³-hybridized carbons (Fsp3) is 0.412. The first-order chi connectivity index (χ1) is 11.2. The second-order valence-electron chi connectivity index (χ2n) is 5.81. The van der Waals surface area contributed by atoms with Crippen molar-refractivity contribution in [3.05, 3.63) is 64.1 Å². The van der Waals surface area contributed by atoms with E-state index in [1.807, 2.05) is 24.3 Å². The van der Waals surface area contributed by atoms with Gasteiger partial charge >= 0.3 is 0 Å². The zero-order valence-corrected chi connectivity index (χ0v) is 12.9. The van der Waals surface area contributed by atoms with Gasteiger partial charge in [-0.05, 0) is 30.5 Å². The molecule has 0 bridgehead atoms. The Labute approximate surface area is 134 Å². The smallest absolute Gasteiger partial charge is 0.269 e. The number of furan rings is 1. The van der Waals surface area contributed by atoms with Crippen LogP contribution < -0.4 is 0 Å². The van der Waals surface area contributed by atoms with Gasteiger partial charge in [-0.1, -0.05) is 12.1 Å². The second kappa shape index (κ2) is 7.39. The van der Waals surface area contributed by atoms with Crippen molar-refractivity contribution in [3.63, 3.8) is 0 Å². The highest BCUT2D eigenvalue weighted by Gasteiger charge is 2.20. The van der Waals surface area contributed by atoms with Gasteiger partial charge in [0.15, 0.2) is 0 Å². The number of non-ortho nitro benzene ring substituents is 1. The summed E-state index contributed by atoms with van der Waals surface area (Å²) in [5.74, 6) is 0.907. The summed E-state index contributed by atoms with van der Waals surface area (Å²) in [4.78, 5) is 12.6. The average molecular weight is 316 g/mol. The van der Waals surface area contributed by atoms with E-state index in [9.17, 15) is 10.1 Å². The summed E-state index contributed by atoms with van der Waals surface area (Å²) in [5.41, 5.74) is 1.16. The fourth-order valence-electron chi connectivity index (χ4n) is 2.87. The number of hydrogen-bond donors (Lipinski definition) is 0. The van der Waals surface area contributed by atoms with E-state index in [-0.39, 0.29) is 16.7 Å². The second-order valence-corrected chi connectivity index (χ2v) is 5.81. The van der Waals surface area contributed by atoms with Gasteiger partial charge < -0.3 is 9.15 Å². The molecule has 0 radical (unpaired) electrons. The molecule has 1 aliphatic rings. The van der Waals surface area contributed by atoms with E-state index in [2.05, 4.69) is 4.90 Å². The van der Waals surface area contributed by atoms with Gasteiger partial charge in [-0.15, -0.1) is 0 Å². The first-order valence-electron chi connectivity index (χ1n) is 7.80. The molecule has 1 saturated heterocycles. The Morgan fingerprint density at radius 3 is 2.65 bits per heavy atom. The van der Waals surface area contributed by atoms with Crippen LogP contribution in [0.1, 0.15) is 24.2 Å². The summed E-state index contributed by atoms with van der Waals surface area (Å²) < 4.78 is 11.2. The normalized spacial score (nSPS) is 17.7. The number of nitrogens with zero attached hydrogens (tertiary/aromatic N) is 2. The van der Waals surface area contributed by atoms with Crippen molar-refractivity contribution in [1.82, 2.24) is 4.90 Å². The number of benzene rings is 1. The van der Waals surface area contributed by atoms with Crippen LogP contribution in [0.25, 0.3) is 0 Å². The topological polar surface area (TPSA) is 68.8 Å². The van der Waals surface area contributed by atoms with Gasteiger partial charge in [-0.3, -0.25) is 15.0 Å². The minimum absolute atomic E-state index is 0.116. The van der Waals surface area contributed by atoms with E-state index in [1.54, 1.807) is 18.4 Å². The minimum atomic E-state index is -0.378. The molecule has 0 spiro atoms. The maximum atomic E-state index is 10.7. The monoisotopic (exact) mass is 316 g/mol. The SMILES string of the molecule is O=[N+]([O-])c1ccc(CN(Cc2ccco2)CC2CCCO2)cc1. The Hall–Kier alpha value is -2.18.